The Balaban J connectivity index is 0.000000655. The van der Waals surface area contributed by atoms with Crippen molar-refractivity contribution in [1.82, 2.24) is 28.7 Å². The molecule has 12 nitrogen and oxygen atoms in total. The average molecular weight is 853 g/mol. The number of hydrogen-bond acceptors (Lipinski definition) is 7. The summed E-state index contributed by atoms with van der Waals surface area (Å²) in [7, 11) is 10.7. The Bertz CT molecular complexity index is 1600. The molecule has 4 aromatic rings. The van der Waals surface area contributed by atoms with Crippen LogP contribution in [0.1, 0.15) is 32.4 Å². The van der Waals surface area contributed by atoms with Crippen molar-refractivity contribution in [3.63, 3.8) is 0 Å². The number of hydrogen-bond donors (Lipinski definition) is 2. The number of aromatic nitrogens is 6. The van der Waals surface area contributed by atoms with E-state index in [1.54, 1.807) is 46.9 Å². The van der Waals surface area contributed by atoms with Crippen LogP contribution in [0.5, 0.6) is 0 Å². The molecule has 0 aliphatic carbocycles. The van der Waals surface area contributed by atoms with Crippen molar-refractivity contribution in [3.05, 3.63) is 92.8 Å². The number of carbonyl (C=O) groups is 2. The van der Waals surface area contributed by atoms with Gasteiger partial charge in [-0.05, 0) is 38.1 Å². The van der Waals surface area contributed by atoms with Crippen molar-refractivity contribution < 1.29 is 19.4 Å². The molecule has 4 unspecified atom stereocenters. The minimum Gasteiger partial charge on any atom is -0.477 e. The summed E-state index contributed by atoms with van der Waals surface area (Å²) in [6, 6.07) is 6.01. The third kappa shape index (κ3) is 13.2. The lowest BCUT2D eigenvalue weighted by molar-refractivity contribution is 0.0416. The lowest BCUT2D eigenvalue weighted by atomic mass is 10.2. The van der Waals surface area contributed by atoms with E-state index in [0.29, 0.717) is 23.6 Å². The van der Waals surface area contributed by atoms with Crippen LogP contribution in [-0.4, -0.2) is 63.0 Å². The predicted molar refractivity (Wildman–Crippen MR) is 201 cm³/mol. The molecule has 5 rings (SSSR count). The number of alkyl halides is 2. The third-order valence-electron chi connectivity index (χ3n) is 5.08. The van der Waals surface area contributed by atoms with Gasteiger partial charge in [0.25, 0.3) is 11.1 Å². The van der Waals surface area contributed by atoms with Gasteiger partial charge < -0.3 is 24.0 Å². The highest BCUT2D eigenvalue weighted by molar-refractivity contribution is 9.11. The van der Waals surface area contributed by atoms with Crippen LogP contribution in [0.4, 0.5) is 0 Å². The van der Waals surface area contributed by atoms with Gasteiger partial charge in [0.2, 0.25) is 0 Å². The first-order valence-electron chi connectivity index (χ1n) is 12.1. The molecule has 1 aliphatic rings. The van der Waals surface area contributed by atoms with Crippen LogP contribution >= 0.6 is 87.9 Å². The van der Waals surface area contributed by atoms with Gasteiger partial charge in [-0.25, -0.2) is 19.6 Å². The molecule has 0 bridgehead atoms. The lowest BCUT2D eigenvalue weighted by Crippen LogP contribution is -2.34. The zero-order valence-electron chi connectivity index (χ0n) is 23.6. The number of H-pyrrole nitrogens is 1. The van der Waals surface area contributed by atoms with Crippen molar-refractivity contribution in [1.29, 1.82) is 0 Å². The number of imidazole rings is 2. The van der Waals surface area contributed by atoms with Gasteiger partial charge in [-0.2, -0.15) is 0 Å². The van der Waals surface area contributed by atoms with Crippen LogP contribution in [-0.2, 0) is 11.3 Å². The maximum Gasteiger partial charge on any atom is 0.355 e. The summed E-state index contributed by atoms with van der Waals surface area (Å²) in [5, 5.41) is 10.8. The van der Waals surface area contributed by atoms with Crippen LogP contribution in [0.25, 0.3) is 11.4 Å². The van der Waals surface area contributed by atoms with Gasteiger partial charge in [-0.1, -0.05) is 39.8 Å². The van der Waals surface area contributed by atoms with Crippen molar-refractivity contribution in [3.8, 4) is 11.4 Å². The molecular weight excluding hydrogens is 818 g/mol. The summed E-state index contributed by atoms with van der Waals surface area (Å²) in [4.78, 5) is 56.3. The number of pyridine rings is 2. The lowest BCUT2D eigenvalue weighted by Gasteiger charge is -2.18. The number of cyclic esters (lactones) is 1. The second-order valence-corrected chi connectivity index (χ2v) is 13.9. The van der Waals surface area contributed by atoms with Crippen LogP contribution in [0, 0.1) is 13.8 Å². The SMILES string of the molecule is BrCCBr.Cc1cn(-c2ccc(C(=O)O)[nH]c2=O)cn1.Cc1cn(-c2ccc3n(c2=O)CCOC3=O)cn1.Cl.PP.PPP. The summed E-state index contributed by atoms with van der Waals surface area (Å²) in [6.45, 7) is 4.28. The molecule has 0 saturated carbocycles. The Morgan fingerprint density at radius 2 is 1.48 bits per heavy atom. The van der Waals surface area contributed by atoms with Crippen LogP contribution in [0.2, 0.25) is 0 Å². The number of carbonyl (C=O) groups excluding carboxylic acids is 1. The predicted octanol–water partition coefficient (Wildman–Crippen LogP) is 5.17. The average Bonchev–Trinajstić information content (AvgIpc) is 3.63. The van der Waals surface area contributed by atoms with Crippen LogP contribution in [0.3, 0.4) is 0 Å². The van der Waals surface area contributed by atoms with E-state index in [2.05, 4.69) is 82.5 Å². The van der Waals surface area contributed by atoms with E-state index >= 15 is 0 Å². The molecular formula is C24H34Br2ClN6O6P5. The number of esters is 1. The van der Waals surface area contributed by atoms with Crippen molar-refractivity contribution in [2.45, 2.75) is 20.4 Å². The molecule has 1 aliphatic heterocycles. The monoisotopic (exact) mass is 850 g/mol. The number of nitrogens with one attached hydrogen (secondary N) is 1. The van der Waals surface area contributed by atoms with Gasteiger partial charge in [0.05, 0.1) is 30.6 Å². The zero-order chi connectivity index (χ0) is 32.5. The minimum absolute atomic E-state index is 0. The molecule has 2 N–H and O–H groups in total. The van der Waals surface area contributed by atoms with Crippen molar-refractivity contribution in [2.24, 2.45) is 0 Å². The number of nitrogens with zero attached hydrogens (tertiary/aromatic N) is 5. The Labute approximate surface area is 288 Å². The Hall–Kier alpha value is -1.34. The highest BCUT2D eigenvalue weighted by atomic mass is 79.9. The molecule has 5 heterocycles. The van der Waals surface area contributed by atoms with E-state index in [0.717, 1.165) is 30.0 Å². The first-order valence-corrected chi connectivity index (χ1v) is 21.6. The molecule has 0 saturated heterocycles. The van der Waals surface area contributed by atoms with E-state index in [9.17, 15) is 19.2 Å². The first-order chi connectivity index (χ1) is 20.6. The maximum atomic E-state index is 12.3. The van der Waals surface area contributed by atoms with E-state index in [4.69, 9.17) is 9.84 Å². The molecule has 0 amide bonds. The molecule has 0 radical (unpaired) electrons. The van der Waals surface area contributed by atoms with Crippen LogP contribution < -0.4 is 11.1 Å². The Morgan fingerprint density at radius 1 is 0.977 bits per heavy atom. The van der Waals surface area contributed by atoms with Crippen molar-refractivity contribution >= 4 is 99.9 Å². The third-order valence-corrected chi connectivity index (χ3v) is 6.94. The molecule has 0 fully saturated rings. The van der Waals surface area contributed by atoms with E-state index in [-0.39, 0.29) is 30.3 Å². The normalized spacial score (nSPS) is 10.8. The fourth-order valence-electron chi connectivity index (χ4n) is 3.37. The fourth-order valence-corrected chi connectivity index (χ4v) is 3.37. The van der Waals surface area contributed by atoms with Gasteiger partial charge in [0.1, 0.15) is 29.4 Å². The number of carboxylic acids is 1. The van der Waals surface area contributed by atoms with E-state index < -0.39 is 17.5 Å². The van der Waals surface area contributed by atoms with Gasteiger partial charge in [0.15, 0.2) is 0 Å². The molecule has 242 valence electrons. The van der Waals surface area contributed by atoms with Gasteiger partial charge in [0, 0.05) is 23.1 Å². The molecule has 4 aromatic heterocycles. The Morgan fingerprint density at radius 3 is 1.91 bits per heavy atom. The topological polar surface area (TPSA) is 154 Å². The molecule has 4 atom stereocenters. The standard InChI is InChI=1S/C12H11N3O3.C10H9N3O3.C2H4Br2.ClH.H5P3.H4P2/c1-8-6-14(7-13-8)9-2-3-10-12(17)18-5-4-15(10)11(9)16;1-6-4-13(5-11-6)8-3-2-7(10(15)16)12-9(8)14;3-1-2-4;;1-3-2;1-2/h2-3,6-7H,4-5H2,1H3;2-5H,1H3,(H,12,14)(H,15,16);1-2H2;1H;3H,1-2H2;1-2H2. The largest absolute Gasteiger partial charge is 0.477 e. The van der Waals surface area contributed by atoms with Gasteiger partial charge in [-0.3, -0.25) is 14.2 Å². The summed E-state index contributed by atoms with van der Waals surface area (Å²) in [5.41, 5.74) is 1.93. The number of aryl methyl sites for hydroxylation is 2. The maximum absolute atomic E-state index is 12.3. The number of carboxylic acid groups (broad SMARTS) is 1. The summed E-state index contributed by atoms with van der Waals surface area (Å²) in [6.07, 6.45) is 6.54. The summed E-state index contributed by atoms with van der Waals surface area (Å²) in [5.74, 6) is -1.61. The van der Waals surface area contributed by atoms with E-state index in [1.807, 2.05) is 6.92 Å². The quantitative estimate of drug-likeness (QED) is 0.162. The smallest absolute Gasteiger partial charge is 0.355 e. The number of halogens is 3. The molecule has 0 aromatic carbocycles. The number of aromatic carboxylic acids is 1. The zero-order valence-corrected chi connectivity index (χ0v) is 33.3. The first kappa shape index (κ1) is 42.7. The molecule has 0 spiro atoms. The number of fused-ring (bicyclic) bond motifs is 1. The van der Waals surface area contributed by atoms with Crippen molar-refractivity contribution in [2.75, 3.05) is 17.3 Å². The summed E-state index contributed by atoms with van der Waals surface area (Å²) < 4.78 is 9.53. The molecule has 44 heavy (non-hydrogen) atoms. The number of rotatable bonds is 4. The second kappa shape index (κ2) is 23.1. The highest BCUT2D eigenvalue weighted by Gasteiger charge is 2.21. The van der Waals surface area contributed by atoms with Gasteiger partial charge >= 0.3 is 11.9 Å². The Kier molecular flexibility index (Phi) is 22.4. The minimum atomic E-state index is -1.16. The number of ether oxygens (including phenoxy) is 1. The highest BCUT2D eigenvalue weighted by Crippen LogP contribution is 2.28. The number of aromatic amines is 1. The summed E-state index contributed by atoms with van der Waals surface area (Å²) >= 11 is 6.40. The van der Waals surface area contributed by atoms with Gasteiger partial charge in [-0.15, -0.1) is 48.1 Å². The fraction of sp³-hybridized carbons (Fsp3) is 0.250. The van der Waals surface area contributed by atoms with Crippen LogP contribution in [0.15, 0.2) is 58.9 Å². The van der Waals surface area contributed by atoms with E-state index in [1.165, 1.54) is 23.0 Å². The molecule has 20 heteroatoms. The second-order valence-electron chi connectivity index (χ2n) is 7.98.